The Morgan fingerprint density at radius 3 is 2.73 bits per heavy atom. The molecule has 0 aliphatic carbocycles. The van der Waals surface area contributed by atoms with Crippen molar-refractivity contribution < 1.29 is 29.0 Å². The molecule has 0 saturated carbocycles. The molecule has 1 atom stereocenters. The Morgan fingerprint density at radius 1 is 1.60 bits per heavy atom. The van der Waals surface area contributed by atoms with Crippen LogP contribution in [0.4, 0.5) is 0 Å². The minimum Gasteiger partial charge on any atom is -0.464 e. The Bertz CT molecular complexity index is 277. The van der Waals surface area contributed by atoms with Crippen LogP contribution in [0.25, 0.3) is 0 Å². The number of esters is 1. The van der Waals surface area contributed by atoms with Gasteiger partial charge in [0.2, 0.25) is 0 Å². The molecule has 0 heterocycles. The van der Waals surface area contributed by atoms with Crippen LogP contribution in [0.5, 0.6) is 0 Å². The molecular formula is C11H14ClO2Zn-. The predicted molar refractivity (Wildman–Crippen MR) is 57.5 cm³/mol. The van der Waals surface area contributed by atoms with E-state index in [1.165, 1.54) is 6.92 Å². The molecule has 1 aromatic rings. The normalized spacial score (nSPS) is 10.5. The van der Waals surface area contributed by atoms with Crippen molar-refractivity contribution in [2.45, 2.75) is 26.4 Å². The van der Waals surface area contributed by atoms with Gasteiger partial charge >= 0.3 is 5.97 Å². The monoisotopic (exact) mass is 277 g/mol. The van der Waals surface area contributed by atoms with E-state index in [2.05, 4.69) is 6.07 Å². The number of hydrogen-bond donors (Lipinski definition) is 0. The van der Waals surface area contributed by atoms with E-state index < -0.39 is 0 Å². The molecule has 0 aliphatic heterocycles. The van der Waals surface area contributed by atoms with E-state index >= 15 is 0 Å². The molecule has 1 unspecified atom stereocenters. The van der Waals surface area contributed by atoms with Crippen LogP contribution in [0.1, 0.15) is 19.4 Å². The van der Waals surface area contributed by atoms with Crippen LogP contribution >= 0.6 is 12.4 Å². The van der Waals surface area contributed by atoms with Crippen LogP contribution in [0.15, 0.2) is 24.3 Å². The van der Waals surface area contributed by atoms with Crippen molar-refractivity contribution in [3.8, 4) is 0 Å². The van der Waals surface area contributed by atoms with Crippen molar-refractivity contribution in [2.75, 3.05) is 0 Å². The van der Waals surface area contributed by atoms with E-state index in [4.69, 9.17) is 4.74 Å². The second-order valence-electron chi connectivity index (χ2n) is 3.04. The SMILES string of the molecule is CC(=O)OC(C)Cc1c[c-]ccc1.Cl.[Zn]. The van der Waals surface area contributed by atoms with Crippen molar-refractivity contribution in [3.63, 3.8) is 0 Å². The molecular weight excluding hydrogens is 265 g/mol. The first kappa shape index (κ1) is 17.0. The van der Waals surface area contributed by atoms with Gasteiger partial charge < -0.3 is 4.74 Å². The molecule has 0 radical (unpaired) electrons. The molecule has 1 aromatic carbocycles. The van der Waals surface area contributed by atoms with Crippen LogP contribution < -0.4 is 0 Å². The molecule has 80 valence electrons. The van der Waals surface area contributed by atoms with Crippen molar-refractivity contribution in [1.82, 2.24) is 0 Å². The third-order valence-electron chi connectivity index (χ3n) is 1.66. The van der Waals surface area contributed by atoms with Gasteiger partial charge in [-0.25, -0.2) is 0 Å². The number of carbonyl (C=O) groups is 1. The van der Waals surface area contributed by atoms with Gasteiger partial charge in [0.1, 0.15) is 0 Å². The molecule has 0 saturated heterocycles. The number of carbonyl (C=O) groups excluding carboxylic acids is 1. The van der Waals surface area contributed by atoms with E-state index in [-0.39, 0.29) is 44.0 Å². The van der Waals surface area contributed by atoms with Crippen LogP contribution in [-0.2, 0) is 35.4 Å². The first-order chi connectivity index (χ1) is 6.18. The summed E-state index contributed by atoms with van der Waals surface area (Å²) in [5.41, 5.74) is 1.14. The van der Waals surface area contributed by atoms with Crippen molar-refractivity contribution in [1.29, 1.82) is 0 Å². The Labute approximate surface area is 110 Å². The standard InChI is InChI=1S/C11H13O2.ClH.Zn/c1-9(13-10(2)12)8-11-6-4-3-5-7-11;;/h3-4,6-7,9H,8H2,1-2H3;1H;/q-1;;. The molecule has 0 amide bonds. The number of benzene rings is 1. The molecule has 1 rings (SSSR count). The van der Waals surface area contributed by atoms with Gasteiger partial charge in [-0.2, -0.15) is 35.9 Å². The number of rotatable bonds is 3. The Hall–Kier alpha value is -0.397. The average Bonchev–Trinajstić information content (AvgIpc) is 2.04. The molecule has 0 aliphatic rings. The van der Waals surface area contributed by atoms with Gasteiger partial charge in [0, 0.05) is 26.4 Å². The third kappa shape index (κ3) is 7.52. The maximum Gasteiger partial charge on any atom is 0.302 e. The third-order valence-corrected chi connectivity index (χ3v) is 1.66. The van der Waals surface area contributed by atoms with Crippen LogP contribution in [0.3, 0.4) is 0 Å². The largest absolute Gasteiger partial charge is 0.464 e. The fourth-order valence-electron chi connectivity index (χ4n) is 1.21. The summed E-state index contributed by atoms with van der Waals surface area (Å²) in [7, 11) is 0. The molecule has 0 aromatic heterocycles. The molecule has 2 nitrogen and oxygen atoms in total. The fraction of sp³-hybridized carbons (Fsp3) is 0.364. The van der Waals surface area contributed by atoms with Gasteiger partial charge in [0.15, 0.2) is 0 Å². The zero-order chi connectivity index (χ0) is 9.68. The first-order valence-electron chi connectivity index (χ1n) is 4.30. The summed E-state index contributed by atoms with van der Waals surface area (Å²) < 4.78 is 5.00. The smallest absolute Gasteiger partial charge is 0.302 e. The van der Waals surface area contributed by atoms with Gasteiger partial charge in [0.25, 0.3) is 0 Å². The van der Waals surface area contributed by atoms with Gasteiger partial charge in [-0.05, 0) is 13.3 Å². The maximum atomic E-state index is 10.6. The minimum atomic E-state index is -0.229. The predicted octanol–water partition coefficient (Wildman–Crippen LogP) is 2.40. The van der Waals surface area contributed by atoms with Crippen LogP contribution in [0.2, 0.25) is 0 Å². The molecule has 0 N–H and O–H groups in total. The number of hydrogen-bond acceptors (Lipinski definition) is 2. The van der Waals surface area contributed by atoms with Gasteiger partial charge in [-0.1, -0.05) is 0 Å². The summed E-state index contributed by atoms with van der Waals surface area (Å²) in [5.74, 6) is -0.229. The first-order valence-corrected chi connectivity index (χ1v) is 4.30. The summed E-state index contributed by atoms with van der Waals surface area (Å²) in [6.07, 6.45) is 0.685. The molecule has 4 heteroatoms. The average molecular weight is 279 g/mol. The van der Waals surface area contributed by atoms with Crippen LogP contribution in [0, 0.1) is 6.07 Å². The number of ether oxygens (including phenoxy) is 1. The summed E-state index contributed by atoms with van der Waals surface area (Å²) in [5, 5.41) is 0. The second kappa shape index (κ2) is 8.88. The molecule has 15 heavy (non-hydrogen) atoms. The van der Waals surface area contributed by atoms with E-state index in [1.807, 2.05) is 31.2 Å². The summed E-state index contributed by atoms with van der Waals surface area (Å²) >= 11 is 0. The quantitative estimate of drug-likeness (QED) is 0.482. The van der Waals surface area contributed by atoms with E-state index in [1.54, 1.807) is 0 Å². The van der Waals surface area contributed by atoms with Crippen LogP contribution in [-0.4, -0.2) is 12.1 Å². The van der Waals surface area contributed by atoms with Gasteiger partial charge in [-0.15, -0.1) is 12.4 Å². The van der Waals surface area contributed by atoms with E-state index in [9.17, 15) is 4.79 Å². The number of halogens is 1. The zero-order valence-corrected chi connectivity index (χ0v) is 12.8. The van der Waals surface area contributed by atoms with Crippen molar-refractivity contribution in [3.05, 3.63) is 35.9 Å². The molecule has 0 fully saturated rings. The summed E-state index contributed by atoms with van der Waals surface area (Å²) in [4.78, 5) is 10.6. The summed E-state index contributed by atoms with van der Waals surface area (Å²) in [6, 6.07) is 10.7. The molecule has 0 spiro atoms. The maximum absolute atomic E-state index is 10.6. The zero-order valence-electron chi connectivity index (χ0n) is 9.03. The second-order valence-corrected chi connectivity index (χ2v) is 3.04. The topological polar surface area (TPSA) is 26.3 Å². The Balaban J connectivity index is 0. The Morgan fingerprint density at radius 2 is 2.27 bits per heavy atom. The van der Waals surface area contributed by atoms with Crippen molar-refractivity contribution in [2.24, 2.45) is 0 Å². The van der Waals surface area contributed by atoms with Gasteiger partial charge in [-0.3, -0.25) is 4.79 Å². The fourth-order valence-corrected chi connectivity index (χ4v) is 1.21. The van der Waals surface area contributed by atoms with E-state index in [0.29, 0.717) is 0 Å². The summed E-state index contributed by atoms with van der Waals surface area (Å²) in [6.45, 7) is 3.31. The van der Waals surface area contributed by atoms with E-state index in [0.717, 1.165) is 12.0 Å². The van der Waals surface area contributed by atoms with Crippen molar-refractivity contribution >= 4 is 18.4 Å². The minimum absolute atomic E-state index is 0. The van der Waals surface area contributed by atoms with Gasteiger partial charge in [0.05, 0.1) is 6.10 Å². The molecule has 0 bridgehead atoms. The Kier molecular flexibility index (Phi) is 10.1.